The summed E-state index contributed by atoms with van der Waals surface area (Å²) in [5.74, 6) is 1.16. The SMILES string of the molecule is CC(C)N(C(=O)c1cc(F)ccc1Oc1cncnc1N1CCC(Oc2ccnc3c2CN(Cc2ccccc2)CC3)CC1)c1cnn(C)c1. The van der Waals surface area contributed by atoms with E-state index in [0.29, 0.717) is 30.3 Å². The van der Waals surface area contributed by atoms with Gasteiger partial charge < -0.3 is 19.3 Å². The number of pyridine rings is 1. The molecule has 0 spiro atoms. The number of rotatable bonds is 10. The van der Waals surface area contributed by atoms with Crippen molar-refractivity contribution in [3.63, 3.8) is 0 Å². The van der Waals surface area contributed by atoms with Crippen molar-refractivity contribution in [1.82, 2.24) is 29.6 Å². The summed E-state index contributed by atoms with van der Waals surface area (Å²) in [7, 11) is 1.78. The Bertz CT molecular complexity index is 1940. The van der Waals surface area contributed by atoms with Gasteiger partial charge in [-0.2, -0.15) is 5.10 Å². The number of benzene rings is 2. The molecule has 2 aliphatic heterocycles. The minimum absolute atomic E-state index is 0.0317. The average Bonchev–Trinajstić information content (AvgIpc) is 3.55. The van der Waals surface area contributed by atoms with Gasteiger partial charge in [0, 0.05) is 88.7 Å². The van der Waals surface area contributed by atoms with Gasteiger partial charge in [-0.15, -0.1) is 0 Å². The first-order chi connectivity index (χ1) is 24.3. The van der Waals surface area contributed by atoms with Gasteiger partial charge in [-0.3, -0.25) is 19.4 Å². The number of piperidine rings is 1. The number of amides is 1. The Morgan fingerprint density at radius 3 is 2.58 bits per heavy atom. The predicted molar refractivity (Wildman–Crippen MR) is 188 cm³/mol. The minimum atomic E-state index is -0.540. The summed E-state index contributed by atoms with van der Waals surface area (Å²) in [5.41, 5.74) is 4.28. The van der Waals surface area contributed by atoms with Crippen LogP contribution in [0.4, 0.5) is 15.9 Å². The first-order valence-electron chi connectivity index (χ1n) is 17.1. The number of hydrogen-bond donors (Lipinski definition) is 0. The third-order valence-corrected chi connectivity index (χ3v) is 9.19. The Morgan fingerprint density at radius 2 is 1.82 bits per heavy atom. The van der Waals surface area contributed by atoms with Crippen LogP contribution in [0.1, 0.15) is 53.9 Å². The molecule has 258 valence electrons. The molecule has 5 heterocycles. The summed E-state index contributed by atoms with van der Waals surface area (Å²) in [6.07, 6.45) is 10.8. The number of hydrogen-bond acceptors (Lipinski definition) is 9. The molecule has 12 heteroatoms. The Hall–Kier alpha value is -5.36. The van der Waals surface area contributed by atoms with Crippen molar-refractivity contribution in [2.24, 2.45) is 7.05 Å². The second-order valence-electron chi connectivity index (χ2n) is 13.1. The summed E-state index contributed by atoms with van der Waals surface area (Å²) in [5, 5.41) is 4.21. The highest BCUT2D eigenvalue weighted by Gasteiger charge is 2.29. The van der Waals surface area contributed by atoms with E-state index in [1.54, 1.807) is 35.2 Å². The number of carbonyl (C=O) groups excluding carboxylic acids is 1. The molecule has 0 bridgehead atoms. The van der Waals surface area contributed by atoms with Crippen molar-refractivity contribution < 1.29 is 18.7 Å². The molecule has 1 fully saturated rings. The summed E-state index contributed by atoms with van der Waals surface area (Å²) in [6.45, 7) is 7.82. The number of ether oxygens (including phenoxy) is 2. The molecule has 1 saturated heterocycles. The lowest BCUT2D eigenvalue weighted by Gasteiger charge is -2.35. The number of nitrogens with zero attached hydrogens (tertiary/aromatic N) is 8. The average molecular weight is 677 g/mol. The topological polar surface area (TPSA) is 102 Å². The van der Waals surface area contributed by atoms with Crippen molar-refractivity contribution in [3.05, 3.63) is 114 Å². The van der Waals surface area contributed by atoms with Gasteiger partial charge >= 0.3 is 0 Å². The van der Waals surface area contributed by atoms with Crippen LogP contribution in [0.5, 0.6) is 17.2 Å². The van der Waals surface area contributed by atoms with Gasteiger partial charge in [0.25, 0.3) is 5.91 Å². The van der Waals surface area contributed by atoms with E-state index in [-0.39, 0.29) is 23.5 Å². The van der Waals surface area contributed by atoms with Gasteiger partial charge in [-0.05, 0) is 43.7 Å². The molecule has 0 N–H and O–H groups in total. The van der Waals surface area contributed by atoms with Gasteiger partial charge in [0.2, 0.25) is 0 Å². The van der Waals surface area contributed by atoms with E-state index in [1.807, 2.05) is 32.2 Å². The van der Waals surface area contributed by atoms with Crippen LogP contribution in [0.2, 0.25) is 0 Å². The zero-order chi connectivity index (χ0) is 34.6. The van der Waals surface area contributed by atoms with E-state index in [2.05, 4.69) is 54.1 Å². The van der Waals surface area contributed by atoms with E-state index in [4.69, 9.17) is 9.47 Å². The second kappa shape index (κ2) is 14.6. The molecule has 7 rings (SSSR count). The van der Waals surface area contributed by atoms with Crippen LogP contribution < -0.4 is 19.3 Å². The lowest BCUT2D eigenvalue weighted by Crippen LogP contribution is -2.39. The smallest absolute Gasteiger partial charge is 0.262 e. The number of carbonyl (C=O) groups is 1. The Kier molecular flexibility index (Phi) is 9.70. The fraction of sp³-hybridized carbons (Fsp3) is 0.342. The van der Waals surface area contributed by atoms with Gasteiger partial charge in [-0.1, -0.05) is 30.3 Å². The molecule has 5 aromatic rings. The zero-order valence-corrected chi connectivity index (χ0v) is 28.6. The molecular formula is C38H41FN8O3. The first-order valence-corrected chi connectivity index (χ1v) is 17.1. The fourth-order valence-corrected chi connectivity index (χ4v) is 6.73. The standard InChI is InChI=1S/C38H41FN8O3/c1-26(2)47(29-20-43-44(3)23-29)38(48)31-19-28(39)9-10-34(31)50-36-21-40-25-42-37(36)46-17-12-30(13-18-46)49-35-11-15-41-33-14-16-45(24-32(33)35)22-27-7-5-4-6-8-27/h4-11,15,19-21,23,25-26,30H,12-14,16-18,22,24H2,1-3H3. The van der Waals surface area contributed by atoms with Crippen LogP contribution in [0.3, 0.4) is 0 Å². The molecule has 0 atom stereocenters. The maximum Gasteiger partial charge on any atom is 0.262 e. The molecule has 0 saturated carbocycles. The molecule has 2 aromatic carbocycles. The zero-order valence-electron chi connectivity index (χ0n) is 28.6. The summed E-state index contributed by atoms with van der Waals surface area (Å²) < 4.78 is 29.2. The van der Waals surface area contributed by atoms with Crippen LogP contribution in [0.25, 0.3) is 0 Å². The normalized spacial score (nSPS) is 15.2. The van der Waals surface area contributed by atoms with Gasteiger partial charge in [-0.25, -0.2) is 14.4 Å². The van der Waals surface area contributed by atoms with Crippen molar-refractivity contribution in [2.75, 3.05) is 29.4 Å². The third-order valence-electron chi connectivity index (χ3n) is 9.19. The van der Waals surface area contributed by atoms with Crippen molar-refractivity contribution >= 4 is 17.4 Å². The second-order valence-corrected chi connectivity index (χ2v) is 13.1. The van der Waals surface area contributed by atoms with Gasteiger partial charge in [0.1, 0.15) is 29.7 Å². The Balaban J connectivity index is 1.04. The summed E-state index contributed by atoms with van der Waals surface area (Å²) in [4.78, 5) is 33.5. The van der Waals surface area contributed by atoms with Crippen molar-refractivity contribution in [1.29, 1.82) is 0 Å². The molecule has 50 heavy (non-hydrogen) atoms. The van der Waals surface area contributed by atoms with Crippen LogP contribution in [-0.2, 0) is 26.6 Å². The monoisotopic (exact) mass is 676 g/mol. The number of fused-ring (bicyclic) bond motifs is 1. The molecule has 3 aromatic heterocycles. The maximum atomic E-state index is 14.6. The predicted octanol–water partition coefficient (Wildman–Crippen LogP) is 6.20. The number of aryl methyl sites for hydroxylation is 1. The van der Waals surface area contributed by atoms with Crippen LogP contribution in [0, 0.1) is 5.82 Å². The highest BCUT2D eigenvalue weighted by Crippen LogP contribution is 2.36. The van der Waals surface area contributed by atoms with Crippen molar-refractivity contribution in [2.45, 2.75) is 58.3 Å². The molecular weight excluding hydrogens is 635 g/mol. The molecule has 0 unspecified atom stereocenters. The molecule has 1 amide bonds. The lowest BCUT2D eigenvalue weighted by molar-refractivity contribution is 0.0977. The van der Waals surface area contributed by atoms with Crippen LogP contribution in [0.15, 0.2) is 85.7 Å². The van der Waals surface area contributed by atoms with E-state index < -0.39 is 11.7 Å². The van der Waals surface area contributed by atoms with E-state index in [9.17, 15) is 9.18 Å². The molecule has 0 aliphatic carbocycles. The molecule has 0 radical (unpaired) electrons. The summed E-state index contributed by atoms with van der Waals surface area (Å²) >= 11 is 0. The molecule has 2 aliphatic rings. The van der Waals surface area contributed by atoms with Crippen molar-refractivity contribution in [3.8, 4) is 17.2 Å². The highest BCUT2D eigenvalue weighted by molar-refractivity contribution is 6.08. The minimum Gasteiger partial charge on any atom is -0.490 e. The summed E-state index contributed by atoms with van der Waals surface area (Å²) in [6, 6.07) is 16.3. The highest BCUT2D eigenvalue weighted by atomic mass is 19.1. The quantitative estimate of drug-likeness (QED) is 0.171. The van der Waals surface area contributed by atoms with E-state index >= 15 is 0 Å². The van der Waals surface area contributed by atoms with E-state index in [0.717, 1.165) is 50.3 Å². The fourth-order valence-electron chi connectivity index (χ4n) is 6.73. The number of halogens is 1. The lowest BCUT2D eigenvalue weighted by atomic mass is 10.0. The van der Waals surface area contributed by atoms with Gasteiger partial charge in [0.15, 0.2) is 11.6 Å². The largest absolute Gasteiger partial charge is 0.490 e. The number of aromatic nitrogens is 5. The third kappa shape index (κ3) is 7.30. The number of anilines is 2. The van der Waals surface area contributed by atoms with Gasteiger partial charge in [0.05, 0.1) is 23.6 Å². The Labute approximate surface area is 291 Å². The van der Waals surface area contributed by atoms with Crippen LogP contribution >= 0.6 is 0 Å². The molecule has 11 nitrogen and oxygen atoms in total. The maximum absolute atomic E-state index is 14.6. The first kappa shape index (κ1) is 33.2. The van der Waals surface area contributed by atoms with E-state index in [1.165, 1.54) is 35.7 Å². The van der Waals surface area contributed by atoms with Crippen LogP contribution in [-0.4, -0.2) is 67.3 Å². The Morgan fingerprint density at radius 1 is 1.00 bits per heavy atom.